The minimum absolute atomic E-state index is 1.16. The molecule has 0 fully saturated rings. The molecule has 0 spiro atoms. The van der Waals surface area contributed by atoms with Crippen LogP contribution in [0.25, 0.3) is 132 Å². The minimum atomic E-state index is 1.16. The molecule has 0 atom stereocenters. The molecule has 0 unspecified atom stereocenters. The lowest BCUT2D eigenvalue weighted by atomic mass is 9.89. The van der Waals surface area contributed by atoms with Gasteiger partial charge in [-0.3, -0.25) is 0 Å². The first kappa shape index (κ1) is 38.3. The van der Waals surface area contributed by atoms with Crippen LogP contribution in [0.4, 0.5) is 0 Å². The molecule has 0 N–H and O–H groups in total. The van der Waals surface area contributed by atoms with Gasteiger partial charge in [-0.1, -0.05) is 182 Å². The maximum Gasteiger partial charge on any atom is 0.0541 e. The van der Waals surface area contributed by atoms with E-state index in [0.29, 0.717) is 0 Å². The molecule has 2 aromatic heterocycles. The van der Waals surface area contributed by atoms with Crippen LogP contribution in [-0.2, 0) is 0 Å². The average molecular weight is 863 g/mol. The molecule has 0 bridgehead atoms. The largest absolute Gasteiger partial charge is 0.309 e. The summed E-state index contributed by atoms with van der Waals surface area (Å²) in [5, 5.41) is 12.7. The first-order chi connectivity index (χ1) is 33.7. The van der Waals surface area contributed by atoms with Gasteiger partial charge in [-0.15, -0.1) is 0 Å². The van der Waals surface area contributed by atoms with Gasteiger partial charge in [-0.2, -0.15) is 0 Å². The van der Waals surface area contributed by atoms with Gasteiger partial charge in [0.1, 0.15) is 0 Å². The number of rotatable bonds is 6. The molecule has 0 aliphatic heterocycles. The van der Waals surface area contributed by atoms with Crippen molar-refractivity contribution in [3.8, 4) is 55.9 Å². The van der Waals surface area contributed by atoms with Crippen molar-refractivity contribution >= 4 is 75.9 Å². The van der Waals surface area contributed by atoms with Crippen molar-refractivity contribution in [2.75, 3.05) is 0 Å². The Labute approximate surface area is 393 Å². The van der Waals surface area contributed by atoms with Crippen LogP contribution in [0.5, 0.6) is 0 Å². The second-order valence-electron chi connectivity index (χ2n) is 18.1. The van der Waals surface area contributed by atoms with Crippen LogP contribution in [-0.4, -0.2) is 9.13 Å². The van der Waals surface area contributed by atoms with Crippen molar-refractivity contribution in [1.29, 1.82) is 0 Å². The van der Waals surface area contributed by atoms with Gasteiger partial charge in [-0.25, -0.2) is 0 Å². The topological polar surface area (TPSA) is 9.86 Å². The number of hydrogen-bond acceptors (Lipinski definition) is 0. The molecule has 0 radical (unpaired) electrons. The fraction of sp³-hybridized carbons (Fsp3) is 0. The van der Waals surface area contributed by atoms with Crippen LogP contribution >= 0.6 is 0 Å². The van der Waals surface area contributed by atoms with Crippen molar-refractivity contribution in [2.24, 2.45) is 0 Å². The molecule has 2 nitrogen and oxygen atoms in total. The Bertz CT molecular complexity index is 3930. The van der Waals surface area contributed by atoms with E-state index in [1.807, 2.05) is 0 Å². The third kappa shape index (κ3) is 6.05. The molecule has 12 aromatic carbocycles. The predicted molar refractivity (Wildman–Crippen MR) is 289 cm³/mol. The SMILES string of the molecule is c1cc(-c2cccc(-n3c4ccccc4c4ccccc43)c2)cc(-c2ccc3c4ccc(-c5cccc(-c6cccc(-n7c8ccccc8c8ccccc87)c6)c5)cc4c4ccccc4c3c2)c1. The normalized spacial score (nSPS) is 11.8. The van der Waals surface area contributed by atoms with Gasteiger partial charge < -0.3 is 9.13 Å². The Hall–Kier alpha value is -8.98. The molecular formula is C66H42N2. The Kier molecular flexibility index (Phi) is 8.62. The summed E-state index contributed by atoms with van der Waals surface area (Å²) in [5.74, 6) is 0. The van der Waals surface area contributed by atoms with Crippen molar-refractivity contribution in [1.82, 2.24) is 9.13 Å². The lowest BCUT2D eigenvalue weighted by Crippen LogP contribution is -1.94. The van der Waals surface area contributed by atoms with Gasteiger partial charge in [0.15, 0.2) is 0 Å². The van der Waals surface area contributed by atoms with E-state index in [1.165, 1.54) is 120 Å². The van der Waals surface area contributed by atoms with Gasteiger partial charge in [0.05, 0.1) is 22.1 Å². The molecule has 0 saturated carbocycles. The summed E-state index contributed by atoms with van der Waals surface area (Å²) in [7, 11) is 0. The zero-order valence-corrected chi connectivity index (χ0v) is 37.1. The highest BCUT2D eigenvalue weighted by molar-refractivity contribution is 6.26. The van der Waals surface area contributed by atoms with Crippen molar-refractivity contribution < 1.29 is 0 Å². The van der Waals surface area contributed by atoms with E-state index in [0.717, 1.165) is 11.4 Å². The first-order valence-corrected chi connectivity index (χ1v) is 23.5. The van der Waals surface area contributed by atoms with Crippen LogP contribution in [0.15, 0.2) is 255 Å². The Morgan fingerprint density at radius 3 is 0.779 bits per heavy atom. The summed E-state index contributed by atoms with van der Waals surface area (Å²) >= 11 is 0. The fourth-order valence-electron chi connectivity index (χ4n) is 11.1. The molecule has 0 aliphatic carbocycles. The summed E-state index contributed by atoms with van der Waals surface area (Å²) < 4.78 is 4.79. The van der Waals surface area contributed by atoms with Crippen LogP contribution in [0, 0.1) is 0 Å². The van der Waals surface area contributed by atoms with E-state index in [4.69, 9.17) is 0 Å². The molecular weight excluding hydrogens is 821 g/mol. The summed E-state index contributed by atoms with van der Waals surface area (Å²) in [6, 6.07) is 93.8. The second kappa shape index (κ2) is 15.3. The molecule has 14 rings (SSSR count). The van der Waals surface area contributed by atoms with Crippen molar-refractivity contribution in [2.45, 2.75) is 0 Å². The van der Waals surface area contributed by atoms with Crippen molar-refractivity contribution in [3.63, 3.8) is 0 Å². The highest BCUT2D eigenvalue weighted by atomic mass is 15.0. The molecule has 316 valence electrons. The summed E-state index contributed by atoms with van der Waals surface area (Å²) in [4.78, 5) is 0. The molecule has 0 saturated heterocycles. The standard InChI is InChI=1S/C66H42N2/c1-2-24-54-53(23-1)61-41-49(45-17-11-15-43(37-45)47-19-13-21-51(39-47)67-63-29-7-3-25-57(63)58-26-4-8-30-64(58)67)33-35-55(61)56-36-34-50(42-62(54)56)46-18-12-16-44(38-46)48-20-14-22-52(40-48)68-65-31-9-5-27-59(65)60-28-6-10-32-66(60)68/h1-42H. The molecule has 0 amide bonds. The monoisotopic (exact) mass is 862 g/mol. The van der Waals surface area contributed by atoms with Crippen LogP contribution in [0.3, 0.4) is 0 Å². The minimum Gasteiger partial charge on any atom is -0.309 e. The van der Waals surface area contributed by atoms with Crippen LogP contribution in [0.2, 0.25) is 0 Å². The zero-order valence-electron chi connectivity index (χ0n) is 37.1. The van der Waals surface area contributed by atoms with Crippen LogP contribution in [0.1, 0.15) is 0 Å². The van der Waals surface area contributed by atoms with E-state index in [1.54, 1.807) is 0 Å². The number of nitrogens with zero attached hydrogens (tertiary/aromatic N) is 2. The molecule has 68 heavy (non-hydrogen) atoms. The third-order valence-corrected chi connectivity index (χ3v) is 14.3. The summed E-state index contributed by atoms with van der Waals surface area (Å²) in [6.45, 7) is 0. The summed E-state index contributed by atoms with van der Waals surface area (Å²) in [6.07, 6.45) is 0. The third-order valence-electron chi connectivity index (χ3n) is 14.3. The highest BCUT2D eigenvalue weighted by Gasteiger charge is 2.16. The molecule has 2 heteroatoms. The van der Waals surface area contributed by atoms with E-state index in [2.05, 4.69) is 264 Å². The van der Waals surface area contributed by atoms with Gasteiger partial charge >= 0.3 is 0 Å². The maximum atomic E-state index is 2.40. The number of benzene rings is 12. The predicted octanol–water partition coefficient (Wildman–Crippen LogP) is 18.0. The van der Waals surface area contributed by atoms with Gasteiger partial charge in [-0.05, 0) is 150 Å². The molecule has 0 aliphatic rings. The number of aromatic nitrogens is 2. The fourth-order valence-corrected chi connectivity index (χ4v) is 11.1. The van der Waals surface area contributed by atoms with E-state index < -0.39 is 0 Å². The van der Waals surface area contributed by atoms with E-state index >= 15 is 0 Å². The lowest BCUT2D eigenvalue weighted by Gasteiger charge is -2.15. The molecule has 14 aromatic rings. The van der Waals surface area contributed by atoms with Gasteiger partial charge in [0, 0.05) is 32.9 Å². The highest BCUT2D eigenvalue weighted by Crippen LogP contribution is 2.41. The number of para-hydroxylation sites is 4. The zero-order chi connectivity index (χ0) is 44.7. The van der Waals surface area contributed by atoms with Gasteiger partial charge in [0.2, 0.25) is 0 Å². The van der Waals surface area contributed by atoms with Crippen molar-refractivity contribution in [3.05, 3.63) is 255 Å². The average Bonchev–Trinajstić information content (AvgIpc) is 3.94. The Morgan fingerprint density at radius 2 is 0.426 bits per heavy atom. The van der Waals surface area contributed by atoms with Crippen LogP contribution < -0.4 is 0 Å². The lowest BCUT2D eigenvalue weighted by molar-refractivity contribution is 1.18. The summed E-state index contributed by atoms with van der Waals surface area (Å²) in [5.41, 5.74) is 16.8. The Balaban J connectivity index is 0.825. The number of fused-ring (bicyclic) bond motifs is 12. The van der Waals surface area contributed by atoms with E-state index in [9.17, 15) is 0 Å². The molecule has 2 heterocycles. The van der Waals surface area contributed by atoms with E-state index in [-0.39, 0.29) is 0 Å². The smallest absolute Gasteiger partial charge is 0.0541 e. The van der Waals surface area contributed by atoms with Gasteiger partial charge in [0.25, 0.3) is 0 Å². The number of hydrogen-bond donors (Lipinski definition) is 0. The quantitative estimate of drug-likeness (QED) is 0.147. The first-order valence-electron chi connectivity index (χ1n) is 23.5. The Morgan fingerprint density at radius 1 is 0.162 bits per heavy atom. The second-order valence-corrected chi connectivity index (χ2v) is 18.1. The maximum absolute atomic E-state index is 2.40.